The van der Waals surface area contributed by atoms with Crippen molar-refractivity contribution in [1.82, 2.24) is 9.97 Å². The Bertz CT molecular complexity index is 834. The number of carbonyl (C=O) groups excluding carboxylic acids is 1. The number of aromatic amines is 1. The molecule has 0 aliphatic rings. The van der Waals surface area contributed by atoms with Crippen molar-refractivity contribution in [3.05, 3.63) is 53.3 Å². The van der Waals surface area contributed by atoms with Gasteiger partial charge in [-0.3, -0.25) is 4.79 Å². The summed E-state index contributed by atoms with van der Waals surface area (Å²) in [7, 11) is 0. The molecular weight excluding hydrogens is 337 g/mol. The van der Waals surface area contributed by atoms with Crippen LogP contribution in [0.25, 0.3) is 11.0 Å². The van der Waals surface area contributed by atoms with E-state index in [2.05, 4.69) is 15.3 Å². The number of benzene rings is 2. The summed E-state index contributed by atoms with van der Waals surface area (Å²) in [6, 6.07) is 11.5. The number of anilines is 1. The number of halogens is 2. The highest BCUT2D eigenvalue weighted by molar-refractivity contribution is 8.00. The maximum Gasteiger partial charge on any atom is 0.237 e. The monoisotopic (exact) mass is 349 g/mol. The van der Waals surface area contributed by atoms with Gasteiger partial charge in [0.25, 0.3) is 0 Å². The fourth-order valence-corrected chi connectivity index (χ4v) is 3.07. The fraction of sp³-hybridized carbons (Fsp3) is 0.125. The minimum absolute atomic E-state index is 0.166. The van der Waals surface area contributed by atoms with E-state index in [0.717, 1.165) is 17.1 Å². The molecule has 1 aromatic heterocycles. The molecule has 0 spiro atoms. The van der Waals surface area contributed by atoms with Gasteiger partial charge in [-0.2, -0.15) is 0 Å². The molecule has 0 unspecified atom stereocenters. The Labute approximate surface area is 141 Å². The van der Waals surface area contributed by atoms with Crippen molar-refractivity contribution in [3.63, 3.8) is 0 Å². The van der Waals surface area contributed by atoms with Crippen molar-refractivity contribution in [2.45, 2.75) is 17.3 Å². The van der Waals surface area contributed by atoms with Gasteiger partial charge in [-0.15, -0.1) is 0 Å². The molecule has 4 nitrogen and oxygen atoms in total. The average Bonchev–Trinajstić information content (AvgIpc) is 2.92. The second kappa shape index (κ2) is 6.60. The number of rotatable bonds is 4. The average molecular weight is 350 g/mol. The number of nitrogens with zero attached hydrogens (tertiary/aromatic N) is 1. The Balaban J connectivity index is 1.69. The number of aromatic nitrogens is 2. The molecule has 0 aliphatic heterocycles. The first-order chi connectivity index (χ1) is 11.0. The zero-order valence-electron chi connectivity index (χ0n) is 12.1. The van der Waals surface area contributed by atoms with Crippen molar-refractivity contribution >= 4 is 46.0 Å². The summed E-state index contributed by atoms with van der Waals surface area (Å²) in [4.78, 5) is 19.8. The van der Waals surface area contributed by atoms with Crippen LogP contribution in [-0.2, 0) is 4.79 Å². The van der Waals surface area contributed by atoms with E-state index in [1.54, 1.807) is 6.92 Å². The third-order valence-corrected chi connectivity index (χ3v) is 4.51. The molecule has 23 heavy (non-hydrogen) atoms. The summed E-state index contributed by atoms with van der Waals surface area (Å²) < 4.78 is 13.0. The van der Waals surface area contributed by atoms with E-state index >= 15 is 0 Å². The Hall–Kier alpha value is -2.05. The molecule has 7 heteroatoms. The molecule has 0 bridgehead atoms. The Kier molecular flexibility index (Phi) is 4.54. The lowest BCUT2D eigenvalue weighted by Gasteiger charge is -2.11. The highest BCUT2D eigenvalue weighted by atomic mass is 35.5. The van der Waals surface area contributed by atoms with Gasteiger partial charge in [0.15, 0.2) is 5.16 Å². The SMILES string of the molecule is C[C@H](Sc1nc2ccccc2[nH]1)C(=O)Nc1ccc(F)cc1Cl. The van der Waals surface area contributed by atoms with Gasteiger partial charge in [-0.25, -0.2) is 9.37 Å². The summed E-state index contributed by atoms with van der Waals surface area (Å²) >= 11 is 7.22. The highest BCUT2D eigenvalue weighted by Gasteiger charge is 2.17. The van der Waals surface area contributed by atoms with Crippen LogP contribution in [0.4, 0.5) is 10.1 Å². The van der Waals surface area contributed by atoms with Gasteiger partial charge in [0, 0.05) is 0 Å². The zero-order valence-corrected chi connectivity index (χ0v) is 13.7. The van der Waals surface area contributed by atoms with E-state index in [-0.39, 0.29) is 10.9 Å². The number of fused-ring (bicyclic) bond motifs is 1. The van der Waals surface area contributed by atoms with Gasteiger partial charge in [-0.05, 0) is 37.3 Å². The summed E-state index contributed by atoms with van der Waals surface area (Å²) in [5.74, 6) is -0.679. The first-order valence-corrected chi connectivity index (χ1v) is 8.16. The number of nitrogens with one attached hydrogen (secondary N) is 2. The number of imidazole rings is 1. The van der Waals surface area contributed by atoms with Crippen LogP contribution in [0.15, 0.2) is 47.6 Å². The van der Waals surface area contributed by atoms with Crippen LogP contribution in [0.5, 0.6) is 0 Å². The van der Waals surface area contributed by atoms with Crippen molar-refractivity contribution in [2.75, 3.05) is 5.32 Å². The van der Waals surface area contributed by atoms with Crippen LogP contribution in [0, 0.1) is 5.82 Å². The predicted octanol–water partition coefficient (Wildman–Crippen LogP) is 4.47. The van der Waals surface area contributed by atoms with Crippen LogP contribution in [-0.4, -0.2) is 21.1 Å². The molecule has 1 atom stereocenters. The lowest BCUT2D eigenvalue weighted by atomic mass is 10.3. The highest BCUT2D eigenvalue weighted by Crippen LogP contribution is 2.26. The topological polar surface area (TPSA) is 57.8 Å². The molecule has 118 valence electrons. The maximum absolute atomic E-state index is 13.0. The second-order valence-corrected chi connectivity index (χ2v) is 6.67. The number of carbonyl (C=O) groups is 1. The molecule has 0 saturated carbocycles. The van der Waals surface area contributed by atoms with Crippen LogP contribution < -0.4 is 5.32 Å². The van der Waals surface area contributed by atoms with Crippen LogP contribution >= 0.6 is 23.4 Å². The first kappa shape index (κ1) is 15.8. The van der Waals surface area contributed by atoms with Crippen molar-refractivity contribution in [2.24, 2.45) is 0 Å². The summed E-state index contributed by atoms with van der Waals surface area (Å²) in [6.45, 7) is 1.77. The molecule has 0 saturated heterocycles. The minimum atomic E-state index is -0.447. The van der Waals surface area contributed by atoms with Crippen molar-refractivity contribution < 1.29 is 9.18 Å². The molecule has 0 radical (unpaired) electrons. The van der Waals surface area contributed by atoms with Gasteiger partial charge >= 0.3 is 0 Å². The molecule has 3 rings (SSSR count). The molecule has 1 heterocycles. The quantitative estimate of drug-likeness (QED) is 0.683. The minimum Gasteiger partial charge on any atom is -0.333 e. The lowest BCUT2D eigenvalue weighted by molar-refractivity contribution is -0.115. The normalized spacial score (nSPS) is 12.3. The van der Waals surface area contributed by atoms with Crippen molar-refractivity contribution in [3.8, 4) is 0 Å². The van der Waals surface area contributed by atoms with E-state index in [0.29, 0.717) is 10.8 Å². The van der Waals surface area contributed by atoms with E-state index in [9.17, 15) is 9.18 Å². The smallest absolute Gasteiger partial charge is 0.237 e. The Morgan fingerprint density at radius 1 is 1.35 bits per heavy atom. The molecular formula is C16H13ClFN3OS. The number of hydrogen-bond acceptors (Lipinski definition) is 3. The van der Waals surface area contributed by atoms with Crippen LogP contribution in [0.3, 0.4) is 0 Å². The third-order valence-electron chi connectivity index (χ3n) is 3.21. The summed E-state index contributed by atoms with van der Waals surface area (Å²) in [6.07, 6.45) is 0. The first-order valence-electron chi connectivity index (χ1n) is 6.90. The molecule has 0 aliphatic carbocycles. The Morgan fingerprint density at radius 3 is 2.87 bits per heavy atom. The standard InChI is InChI=1S/C16H13ClFN3OS/c1-9(15(22)19-12-7-6-10(18)8-11(12)17)23-16-20-13-4-2-3-5-14(13)21-16/h2-9H,1H3,(H,19,22)(H,20,21)/t9-/m0/s1. The van der Waals surface area contributed by atoms with Crippen LogP contribution in [0.2, 0.25) is 5.02 Å². The van der Waals surface area contributed by atoms with E-state index < -0.39 is 11.1 Å². The number of amides is 1. The number of thioether (sulfide) groups is 1. The van der Waals surface area contributed by atoms with Crippen molar-refractivity contribution in [1.29, 1.82) is 0 Å². The lowest BCUT2D eigenvalue weighted by Crippen LogP contribution is -2.22. The summed E-state index contributed by atoms with van der Waals surface area (Å²) in [5, 5.41) is 3.13. The molecule has 2 aromatic carbocycles. The van der Waals surface area contributed by atoms with Gasteiger partial charge in [0.05, 0.1) is 27.0 Å². The fourth-order valence-electron chi connectivity index (χ4n) is 2.03. The van der Waals surface area contributed by atoms with Gasteiger partial charge in [0.1, 0.15) is 5.82 Å². The number of hydrogen-bond donors (Lipinski definition) is 2. The Morgan fingerprint density at radius 2 is 2.13 bits per heavy atom. The predicted molar refractivity (Wildman–Crippen MR) is 91.5 cm³/mol. The maximum atomic E-state index is 13.0. The molecule has 0 fully saturated rings. The zero-order chi connectivity index (χ0) is 16.4. The van der Waals surface area contributed by atoms with E-state index in [1.165, 1.54) is 23.9 Å². The van der Waals surface area contributed by atoms with Gasteiger partial charge in [0.2, 0.25) is 5.91 Å². The molecule has 1 amide bonds. The van der Waals surface area contributed by atoms with E-state index in [4.69, 9.17) is 11.6 Å². The largest absolute Gasteiger partial charge is 0.333 e. The third kappa shape index (κ3) is 3.65. The van der Waals surface area contributed by atoms with Gasteiger partial charge < -0.3 is 10.3 Å². The van der Waals surface area contributed by atoms with Crippen LogP contribution in [0.1, 0.15) is 6.92 Å². The number of para-hydroxylation sites is 2. The molecule has 3 aromatic rings. The number of H-pyrrole nitrogens is 1. The summed E-state index contributed by atoms with van der Waals surface area (Å²) in [5.41, 5.74) is 2.16. The second-order valence-electron chi connectivity index (χ2n) is 4.93. The van der Waals surface area contributed by atoms with Gasteiger partial charge in [-0.1, -0.05) is 35.5 Å². The van der Waals surface area contributed by atoms with E-state index in [1.807, 2.05) is 24.3 Å². The molecule has 2 N–H and O–H groups in total.